The maximum absolute atomic E-state index is 12.7. The Kier molecular flexibility index (Phi) is 4.94. The number of carbonyl (C=O) groups is 1. The van der Waals surface area contributed by atoms with Crippen molar-refractivity contribution in [3.8, 4) is 0 Å². The molecule has 1 aliphatic rings. The summed E-state index contributed by atoms with van der Waals surface area (Å²) in [5, 5.41) is 6.29. The maximum Gasteiger partial charge on any atom is 0.228 e. The van der Waals surface area contributed by atoms with E-state index in [9.17, 15) is 13.2 Å². The lowest BCUT2D eigenvalue weighted by Gasteiger charge is -2.12. The zero-order chi connectivity index (χ0) is 18.0. The minimum Gasteiger partial charge on any atom is -0.361 e. The van der Waals surface area contributed by atoms with Crippen molar-refractivity contribution in [2.75, 3.05) is 5.32 Å². The molecule has 0 aliphatic heterocycles. The predicted octanol–water partition coefficient (Wildman–Crippen LogP) is 3.19. The van der Waals surface area contributed by atoms with Gasteiger partial charge in [0.1, 0.15) is 5.76 Å². The average Bonchev–Trinajstić information content (AvgIpc) is 3.21. The molecule has 1 aromatic carbocycles. The van der Waals surface area contributed by atoms with Crippen LogP contribution in [-0.2, 0) is 21.1 Å². The summed E-state index contributed by atoms with van der Waals surface area (Å²) in [4.78, 5) is 12.5. The van der Waals surface area contributed by atoms with Crippen molar-refractivity contribution >= 4 is 21.4 Å². The van der Waals surface area contributed by atoms with Gasteiger partial charge in [-0.25, -0.2) is 8.42 Å². The third kappa shape index (κ3) is 3.76. The van der Waals surface area contributed by atoms with Crippen LogP contribution in [0.2, 0.25) is 0 Å². The van der Waals surface area contributed by atoms with Gasteiger partial charge in [0.2, 0.25) is 5.91 Å². The number of sulfone groups is 1. The second kappa shape index (κ2) is 7.00. The Morgan fingerprint density at radius 2 is 2.00 bits per heavy atom. The smallest absolute Gasteiger partial charge is 0.228 e. The van der Waals surface area contributed by atoms with Crippen molar-refractivity contribution in [1.29, 1.82) is 0 Å². The summed E-state index contributed by atoms with van der Waals surface area (Å²) in [6.07, 6.45) is 3.48. The number of amides is 1. The van der Waals surface area contributed by atoms with E-state index < -0.39 is 9.84 Å². The van der Waals surface area contributed by atoms with E-state index in [2.05, 4.69) is 10.5 Å². The lowest BCUT2D eigenvalue weighted by Crippen LogP contribution is -2.19. The van der Waals surface area contributed by atoms with Crippen LogP contribution < -0.4 is 5.32 Å². The van der Waals surface area contributed by atoms with Gasteiger partial charge in [0, 0.05) is 11.3 Å². The molecule has 1 fully saturated rings. The van der Waals surface area contributed by atoms with Gasteiger partial charge in [0.15, 0.2) is 9.84 Å². The molecule has 1 aromatic heterocycles. The first kappa shape index (κ1) is 17.7. The molecule has 0 unspecified atom stereocenters. The fraction of sp³-hybridized carbons (Fsp3) is 0.444. The molecule has 7 heteroatoms. The summed E-state index contributed by atoms with van der Waals surface area (Å²) in [7, 11) is -3.34. The number of nitrogens with one attached hydrogen (secondary N) is 1. The molecule has 1 amide bonds. The Bertz CT molecular complexity index is 861. The number of nitrogens with zero attached hydrogens (tertiary/aromatic N) is 1. The Morgan fingerprint density at radius 1 is 1.28 bits per heavy atom. The number of aryl methyl sites for hydroxylation is 2. The SMILES string of the molecule is Cc1noc(C)c1CC(=O)Nc1cccc(S(=O)(=O)C2CCCC2)c1. The fourth-order valence-corrected chi connectivity index (χ4v) is 5.16. The zero-order valence-electron chi connectivity index (χ0n) is 14.4. The van der Waals surface area contributed by atoms with Crippen LogP contribution in [-0.4, -0.2) is 24.7 Å². The van der Waals surface area contributed by atoms with E-state index in [1.54, 1.807) is 38.1 Å². The summed E-state index contributed by atoms with van der Waals surface area (Å²) in [6.45, 7) is 3.55. The Balaban J connectivity index is 1.74. The van der Waals surface area contributed by atoms with Crippen LogP contribution >= 0.6 is 0 Å². The highest BCUT2D eigenvalue weighted by molar-refractivity contribution is 7.92. The molecule has 2 aromatic rings. The molecule has 1 N–H and O–H groups in total. The number of rotatable bonds is 5. The minimum atomic E-state index is -3.34. The van der Waals surface area contributed by atoms with E-state index in [1.165, 1.54) is 0 Å². The van der Waals surface area contributed by atoms with Crippen molar-refractivity contribution in [3.05, 3.63) is 41.3 Å². The number of carbonyl (C=O) groups excluding carboxylic acids is 1. The molecule has 0 saturated heterocycles. The standard InChI is InChI=1S/C18H22N2O4S/c1-12-17(13(2)24-20-12)11-18(21)19-14-6-5-9-16(10-14)25(22,23)15-7-3-4-8-15/h5-6,9-10,15H,3-4,7-8,11H2,1-2H3,(H,19,21). The number of aromatic nitrogens is 1. The average molecular weight is 362 g/mol. The van der Waals surface area contributed by atoms with Crippen LogP contribution in [0, 0.1) is 13.8 Å². The third-order valence-corrected chi connectivity index (χ3v) is 6.97. The second-order valence-electron chi connectivity index (χ2n) is 6.51. The zero-order valence-corrected chi connectivity index (χ0v) is 15.2. The number of benzene rings is 1. The van der Waals surface area contributed by atoms with Crippen LogP contribution in [0.15, 0.2) is 33.7 Å². The number of anilines is 1. The van der Waals surface area contributed by atoms with Crippen LogP contribution in [0.25, 0.3) is 0 Å². The van der Waals surface area contributed by atoms with Crippen molar-refractivity contribution in [3.63, 3.8) is 0 Å². The van der Waals surface area contributed by atoms with Crippen molar-refractivity contribution in [2.45, 2.75) is 56.1 Å². The highest BCUT2D eigenvalue weighted by Crippen LogP contribution is 2.30. The Labute approximate surface area is 147 Å². The first-order valence-electron chi connectivity index (χ1n) is 8.43. The van der Waals surface area contributed by atoms with Crippen LogP contribution in [0.4, 0.5) is 5.69 Å². The molecule has 1 saturated carbocycles. The Morgan fingerprint density at radius 3 is 2.64 bits per heavy atom. The van der Waals surface area contributed by atoms with Gasteiger partial charge in [-0.3, -0.25) is 4.79 Å². The highest BCUT2D eigenvalue weighted by atomic mass is 32.2. The van der Waals surface area contributed by atoms with Crippen molar-refractivity contribution in [1.82, 2.24) is 5.16 Å². The maximum atomic E-state index is 12.7. The number of hydrogen-bond acceptors (Lipinski definition) is 5. The van der Waals surface area contributed by atoms with E-state index in [0.29, 0.717) is 30.0 Å². The van der Waals surface area contributed by atoms with Gasteiger partial charge in [0.25, 0.3) is 0 Å². The van der Waals surface area contributed by atoms with Gasteiger partial charge in [-0.2, -0.15) is 0 Å². The van der Waals surface area contributed by atoms with Crippen molar-refractivity contribution in [2.24, 2.45) is 0 Å². The predicted molar refractivity (Wildman–Crippen MR) is 94.2 cm³/mol. The van der Waals surface area contributed by atoms with E-state index in [4.69, 9.17) is 4.52 Å². The summed E-state index contributed by atoms with van der Waals surface area (Å²) < 4.78 is 30.4. The van der Waals surface area contributed by atoms with Gasteiger partial charge in [-0.1, -0.05) is 24.1 Å². The van der Waals surface area contributed by atoms with Gasteiger partial charge in [-0.15, -0.1) is 0 Å². The van der Waals surface area contributed by atoms with E-state index >= 15 is 0 Å². The van der Waals surface area contributed by atoms with Gasteiger partial charge in [-0.05, 0) is 44.9 Å². The lowest BCUT2D eigenvalue weighted by atomic mass is 10.1. The summed E-state index contributed by atoms with van der Waals surface area (Å²) in [5.41, 5.74) is 1.92. The van der Waals surface area contributed by atoms with Crippen molar-refractivity contribution < 1.29 is 17.7 Å². The van der Waals surface area contributed by atoms with Gasteiger partial charge >= 0.3 is 0 Å². The van der Waals surface area contributed by atoms with Gasteiger partial charge in [0.05, 0.1) is 22.3 Å². The van der Waals surface area contributed by atoms with E-state index in [0.717, 1.165) is 18.4 Å². The molecule has 1 heterocycles. The fourth-order valence-electron chi connectivity index (χ4n) is 3.26. The van der Waals surface area contributed by atoms with Crippen LogP contribution in [0.5, 0.6) is 0 Å². The largest absolute Gasteiger partial charge is 0.361 e. The molecule has 0 spiro atoms. The van der Waals surface area contributed by atoms with Gasteiger partial charge < -0.3 is 9.84 Å². The third-order valence-electron chi connectivity index (χ3n) is 4.71. The molecule has 0 radical (unpaired) electrons. The first-order valence-corrected chi connectivity index (χ1v) is 9.98. The lowest BCUT2D eigenvalue weighted by molar-refractivity contribution is -0.115. The first-order chi connectivity index (χ1) is 11.9. The molecular weight excluding hydrogens is 340 g/mol. The normalized spacial score (nSPS) is 15.4. The molecular formula is C18H22N2O4S. The summed E-state index contributed by atoms with van der Waals surface area (Å²) >= 11 is 0. The summed E-state index contributed by atoms with van der Waals surface area (Å²) in [5.74, 6) is 0.384. The van der Waals surface area contributed by atoms with E-state index in [1.807, 2.05) is 0 Å². The second-order valence-corrected chi connectivity index (χ2v) is 8.74. The summed E-state index contributed by atoms with van der Waals surface area (Å²) in [6, 6.07) is 6.49. The molecule has 1 aliphatic carbocycles. The highest BCUT2D eigenvalue weighted by Gasteiger charge is 2.30. The number of hydrogen-bond donors (Lipinski definition) is 1. The van der Waals surface area contributed by atoms with E-state index in [-0.39, 0.29) is 22.5 Å². The minimum absolute atomic E-state index is 0.140. The van der Waals surface area contributed by atoms with Crippen LogP contribution in [0.1, 0.15) is 42.7 Å². The molecule has 3 rings (SSSR count). The monoisotopic (exact) mass is 362 g/mol. The quantitative estimate of drug-likeness (QED) is 0.882. The molecule has 25 heavy (non-hydrogen) atoms. The topological polar surface area (TPSA) is 89.3 Å². The molecule has 6 nitrogen and oxygen atoms in total. The Hall–Kier alpha value is -2.15. The van der Waals surface area contributed by atoms with Crippen LogP contribution in [0.3, 0.4) is 0 Å². The molecule has 134 valence electrons. The molecule has 0 atom stereocenters. The molecule has 0 bridgehead atoms.